The molecule has 24 heavy (non-hydrogen) atoms. The van der Waals surface area contributed by atoms with Crippen LogP contribution in [0, 0.1) is 5.92 Å². The number of nitrogens with one attached hydrogen (secondary N) is 1. The molecule has 1 aliphatic heterocycles. The third-order valence-corrected chi connectivity index (χ3v) is 6.11. The zero-order chi connectivity index (χ0) is 16.9. The molecule has 132 valence electrons. The van der Waals surface area contributed by atoms with E-state index < -0.39 is 0 Å². The van der Waals surface area contributed by atoms with Gasteiger partial charge in [-0.1, -0.05) is 0 Å². The molecule has 0 unspecified atom stereocenters. The number of carbonyl (C=O) groups excluding carboxylic acids is 2. The van der Waals surface area contributed by atoms with E-state index in [9.17, 15) is 9.59 Å². The number of nitrogens with zero attached hydrogens (tertiary/aromatic N) is 1. The third kappa shape index (κ3) is 3.98. The fourth-order valence-corrected chi connectivity index (χ4v) is 4.68. The summed E-state index contributed by atoms with van der Waals surface area (Å²) in [5.41, 5.74) is 1.20. The predicted octanol–water partition coefficient (Wildman–Crippen LogP) is 2.24. The van der Waals surface area contributed by atoms with E-state index in [4.69, 9.17) is 4.74 Å². The molecule has 0 bridgehead atoms. The molecular weight excluding hydrogens is 324 g/mol. The molecule has 0 aromatic carbocycles. The normalized spacial score (nSPS) is 20.0. The maximum atomic E-state index is 12.5. The number of aryl methyl sites for hydroxylation is 1. The molecule has 0 radical (unpaired) electrons. The van der Waals surface area contributed by atoms with Gasteiger partial charge < -0.3 is 15.0 Å². The summed E-state index contributed by atoms with van der Waals surface area (Å²) in [6.45, 7) is 3.10. The first kappa shape index (κ1) is 17.4. The zero-order valence-corrected chi connectivity index (χ0v) is 15.1. The van der Waals surface area contributed by atoms with Crippen LogP contribution in [0.3, 0.4) is 0 Å². The highest BCUT2D eigenvalue weighted by Crippen LogP contribution is 2.33. The number of rotatable bonds is 6. The Morgan fingerprint density at radius 2 is 2.17 bits per heavy atom. The molecule has 6 heteroatoms. The van der Waals surface area contributed by atoms with E-state index in [-0.39, 0.29) is 17.7 Å². The first-order valence-corrected chi connectivity index (χ1v) is 9.68. The van der Waals surface area contributed by atoms with Crippen molar-refractivity contribution in [3.05, 3.63) is 21.4 Å². The maximum Gasteiger partial charge on any atom is 0.263 e. The van der Waals surface area contributed by atoms with Crippen LogP contribution < -0.4 is 5.32 Å². The van der Waals surface area contributed by atoms with E-state index in [0.717, 1.165) is 56.5 Å². The number of amides is 2. The van der Waals surface area contributed by atoms with Crippen LogP contribution >= 0.6 is 11.3 Å². The number of methoxy groups -OCH3 is 1. The number of likely N-dealkylation sites (tertiary alicyclic amines) is 1. The van der Waals surface area contributed by atoms with Gasteiger partial charge in [0.25, 0.3) is 5.91 Å². The first-order chi connectivity index (χ1) is 11.7. The van der Waals surface area contributed by atoms with Gasteiger partial charge in [-0.3, -0.25) is 9.59 Å². The summed E-state index contributed by atoms with van der Waals surface area (Å²) < 4.78 is 5.00. The molecule has 2 heterocycles. The summed E-state index contributed by atoms with van der Waals surface area (Å²) in [6.07, 6.45) is 5.61. The smallest absolute Gasteiger partial charge is 0.263 e. The van der Waals surface area contributed by atoms with Crippen LogP contribution in [0.25, 0.3) is 0 Å². The zero-order valence-electron chi connectivity index (χ0n) is 14.3. The molecule has 3 rings (SSSR count). The number of thiophene rings is 1. The van der Waals surface area contributed by atoms with Crippen molar-refractivity contribution in [3.63, 3.8) is 0 Å². The molecule has 1 aromatic heterocycles. The van der Waals surface area contributed by atoms with Crippen LogP contribution in [-0.4, -0.2) is 50.1 Å². The molecule has 1 aromatic rings. The lowest BCUT2D eigenvalue weighted by molar-refractivity contribution is -0.125. The van der Waals surface area contributed by atoms with Crippen molar-refractivity contribution < 1.29 is 14.3 Å². The Kier molecular flexibility index (Phi) is 5.89. The van der Waals surface area contributed by atoms with Crippen molar-refractivity contribution in [2.24, 2.45) is 5.92 Å². The van der Waals surface area contributed by atoms with Gasteiger partial charge in [0.2, 0.25) is 5.91 Å². The summed E-state index contributed by atoms with van der Waals surface area (Å²) in [5.74, 6) is 0.340. The topological polar surface area (TPSA) is 58.6 Å². The molecule has 1 atom stereocenters. The van der Waals surface area contributed by atoms with Gasteiger partial charge in [0, 0.05) is 44.1 Å². The molecule has 0 spiro atoms. The molecule has 5 nitrogen and oxygen atoms in total. The van der Waals surface area contributed by atoms with Gasteiger partial charge in [-0.15, -0.1) is 11.3 Å². The Morgan fingerprint density at radius 3 is 2.92 bits per heavy atom. The highest BCUT2D eigenvalue weighted by molar-refractivity contribution is 7.14. The lowest BCUT2D eigenvalue weighted by Gasteiger charge is -2.21. The first-order valence-electron chi connectivity index (χ1n) is 8.86. The van der Waals surface area contributed by atoms with Gasteiger partial charge in [-0.25, -0.2) is 0 Å². The lowest BCUT2D eigenvalue weighted by Crippen LogP contribution is -2.34. The highest BCUT2D eigenvalue weighted by atomic mass is 32.1. The summed E-state index contributed by atoms with van der Waals surface area (Å²) >= 11 is 1.63. The van der Waals surface area contributed by atoms with Gasteiger partial charge in [0.15, 0.2) is 0 Å². The SMILES string of the molecule is COCCCNC(=O)[C@@H]1CCc2sc(C(=O)N3CCCC3)cc2C1. The standard InChI is InChI=1S/C18H26N2O3S/c1-23-10-4-7-19-17(21)13-5-6-15-14(11-13)12-16(24-15)18(22)20-8-2-3-9-20/h12-13H,2-11H2,1H3,(H,19,21)/t13-/m1/s1. The van der Waals surface area contributed by atoms with Crippen molar-refractivity contribution >= 4 is 23.2 Å². The van der Waals surface area contributed by atoms with Gasteiger partial charge in [0.1, 0.15) is 0 Å². The van der Waals surface area contributed by atoms with Crippen molar-refractivity contribution in [2.75, 3.05) is 33.4 Å². The second-order valence-corrected chi connectivity index (χ2v) is 7.77. The molecule has 1 aliphatic carbocycles. The van der Waals surface area contributed by atoms with Crippen LogP contribution in [0.15, 0.2) is 6.07 Å². The largest absolute Gasteiger partial charge is 0.385 e. The predicted molar refractivity (Wildman–Crippen MR) is 94.5 cm³/mol. The Bertz CT molecular complexity index is 593. The van der Waals surface area contributed by atoms with Crippen LogP contribution in [0.2, 0.25) is 0 Å². The highest BCUT2D eigenvalue weighted by Gasteiger charge is 2.28. The number of fused-ring (bicyclic) bond motifs is 1. The van der Waals surface area contributed by atoms with Gasteiger partial charge in [-0.05, 0) is 50.2 Å². The molecule has 1 saturated heterocycles. The third-order valence-electron chi connectivity index (χ3n) is 4.88. The summed E-state index contributed by atoms with van der Waals surface area (Å²) in [4.78, 5) is 28.9. The monoisotopic (exact) mass is 350 g/mol. The van der Waals surface area contributed by atoms with Crippen LogP contribution in [0.4, 0.5) is 0 Å². The quantitative estimate of drug-likeness (QED) is 0.801. The summed E-state index contributed by atoms with van der Waals surface area (Å²) in [7, 11) is 1.67. The van der Waals surface area contributed by atoms with Crippen LogP contribution in [0.5, 0.6) is 0 Å². The Morgan fingerprint density at radius 1 is 1.38 bits per heavy atom. The summed E-state index contributed by atoms with van der Waals surface area (Å²) in [5, 5.41) is 3.00. The van der Waals surface area contributed by atoms with Crippen LogP contribution in [0.1, 0.15) is 45.8 Å². The fraction of sp³-hybridized carbons (Fsp3) is 0.667. The van der Waals surface area contributed by atoms with Crippen molar-refractivity contribution in [1.29, 1.82) is 0 Å². The minimum absolute atomic E-state index is 0.0318. The molecule has 0 saturated carbocycles. The van der Waals surface area contributed by atoms with E-state index in [1.54, 1.807) is 18.4 Å². The molecule has 2 aliphatic rings. The molecule has 1 N–H and O–H groups in total. The summed E-state index contributed by atoms with van der Waals surface area (Å²) in [6, 6.07) is 2.03. The Hall–Kier alpha value is -1.40. The Labute approximate surface area is 147 Å². The van der Waals surface area contributed by atoms with E-state index in [1.165, 1.54) is 10.4 Å². The van der Waals surface area contributed by atoms with E-state index in [2.05, 4.69) is 5.32 Å². The minimum Gasteiger partial charge on any atom is -0.385 e. The fourth-order valence-electron chi connectivity index (χ4n) is 3.50. The number of ether oxygens (including phenoxy) is 1. The van der Waals surface area contributed by atoms with Gasteiger partial charge >= 0.3 is 0 Å². The van der Waals surface area contributed by atoms with Crippen molar-refractivity contribution in [3.8, 4) is 0 Å². The van der Waals surface area contributed by atoms with Gasteiger partial charge in [-0.2, -0.15) is 0 Å². The number of hydrogen-bond donors (Lipinski definition) is 1. The average molecular weight is 350 g/mol. The Balaban J connectivity index is 1.57. The van der Waals surface area contributed by atoms with Crippen molar-refractivity contribution in [1.82, 2.24) is 10.2 Å². The van der Waals surface area contributed by atoms with E-state index >= 15 is 0 Å². The molecule has 2 amide bonds. The van der Waals surface area contributed by atoms with Gasteiger partial charge in [0.05, 0.1) is 4.88 Å². The second kappa shape index (κ2) is 8.12. The van der Waals surface area contributed by atoms with E-state index in [0.29, 0.717) is 13.2 Å². The number of carbonyl (C=O) groups is 2. The maximum absolute atomic E-state index is 12.5. The van der Waals surface area contributed by atoms with E-state index in [1.807, 2.05) is 11.0 Å². The minimum atomic E-state index is 0.0318. The average Bonchev–Trinajstić information content (AvgIpc) is 3.26. The molecular formula is C18H26N2O3S. The second-order valence-electron chi connectivity index (χ2n) is 6.64. The number of hydrogen-bond acceptors (Lipinski definition) is 4. The molecule has 1 fully saturated rings. The van der Waals surface area contributed by atoms with Crippen molar-refractivity contribution in [2.45, 2.75) is 38.5 Å². The lowest BCUT2D eigenvalue weighted by atomic mass is 9.87. The van der Waals surface area contributed by atoms with Crippen LogP contribution in [-0.2, 0) is 22.4 Å².